The second-order valence-corrected chi connectivity index (χ2v) is 6.19. The molecule has 0 unspecified atom stereocenters. The van der Waals surface area contributed by atoms with Crippen molar-refractivity contribution in [3.05, 3.63) is 52.9 Å². The van der Waals surface area contributed by atoms with E-state index >= 15 is 0 Å². The molecule has 0 saturated carbocycles. The minimum Gasteiger partial charge on any atom is -0.489 e. The van der Waals surface area contributed by atoms with Crippen LogP contribution in [0.3, 0.4) is 0 Å². The molecule has 1 aliphatic rings. The number of hydrogen-bond acceptors (Lipinski definition) is 6. The zero-order chi connectivity index (χ0) is 18.1. The summed E-state index contributed by atoms with van der Waals surface area (Å²) in [6.07, 6.45) is 0.720. The fraction of sp³-hybridized carbons (Fsp3) is 0.211. The predicted molar refractivity (Wildman–Crippen MR) is 93.8 cm³/mol. The summed E-state index contributed by atoms with van der Waals surface area (Å²) in [5.74, 6) is -0.773. The van der Waals surface area contributed by atoms with Crippen LogP contribution in [0.2, 0.25) is 5.02 Å². The van der Waals surface area contributed by atoms with Gasteiger partial charge in [-0.15, -0.1) is 0 Å². The average molecular weight is 369 g/mol. The molecule has 0 saturated heterocycles. The fourth-order valence-electron chi connectivity index (χ4n) is 2.78. The van der Waals surface area contributed by atoms with E-state index in [1.54, 1.807) is 30.3 Å². The number of nitriles is 1. The zero-order valence-corrected chi connectivity index (χ0v) is 14.3. The van der Waals surface area contributed by atoms with E-state index in [4.69, 9.17) is 25.5 Å². The smallest absolute Gasteiger partial charge is 0.220 e. The number of benzene rings is 2. The Morgan fingerprint density at radius 3 is 2.85 bits per heavy atom. The molecule has 0 fully saturated rings. The maximum absolute atomic E-state index is 12.9. The van der Waals surface area contributed by atoms with Crippen LogP contribution in [0.5, 0.6) is 11.5 Å². The maximum atomic E-state index is 12.9. The number of para-hydroxylation sites is 2. The number of aromatic nitrogens is 1. The number of rotatable bonds is 3. The van der Waals surface area contributed by atoms with E-state index < -0.39 is 11.7 Å². The number of oxazole rings is 1. The Hall–Kier alpha value is -3.04. The number of carbonyl (C=O) groups excluding carboxylic acids is 1. The molecule has 0 bridgehead atoms. The minimum absolute atomic E-state index is 0.0573. The molecule has 2 aromatic carbocycles. The van der Waals surface area contributed by atoms with Crippen molar-refractivity contribution in [2.24, 2.45) is 0 Å². The van der Waals surface area contributed by atoms with Gasteiger partial charge in [-0.3, -0.25) is 4.79 Å². The molecular weight excluding hydrogens is 356 g/mol. The molecule has 1 atom stereocenters. The monoisotopic (exact) mass is 368 g/mol. The number of ether oxygens (including phenoxy) is 2. The third-order valence-corrected chi connectivity index (χ3v) is 4.32. The highest BCUT2D eigenvalue weighted by molar-refractivity contribution is 6.32. The number of nitrogens with zero attached hydrogens (tertiary/aromatic N) is 2. The van der Waals surface area contributed by atoms with Gasteiger partial charge in [-0.1, -0.05) is 23.7 Å². The average Bonchev–Trinajstić information content (AvgIpc) is 2.91. The Balaban J connectivity index is 1.72. The highest BCUT2D eigenvalue weighted by Gasteiger charge is 2.29. The van der Waals surface area contributed by atoms with Crippen molar-refractivity contribution in [3.8, 4) is 17.6 Å². The number of carbonyl (C=O) groups is 1. The number of fused-ring (bicyclic) bond motifs is 2. The molecule has 0 N–H and O–H groups in total. The molecule has 26 heavy (non-hydrogen) atoms. The lowest BCUT2D eigenvalue weighted by Gasteiger charge is -2.12. The van der Waals surface area contributed by atoms with Crippen molar-refractivity contribution in [2.45, 2.75) is 12.3 Å². The Bertz CT molecular complexity index is 1000. The summed E-state index contributed by atoms with van der Waals surface area (Å²) in [6.45, 7) is 0.956. The Morgan fingerprint density at radius 1 is 1.23 bits per heavy atom. The van der Waals surface area contributed by atoms with Gasteiger partial charge < -0.3 is 13.9 Å². The number of hydrogen-bond donors (Lipinski definition) is 0. The SMILES string of the molecule is N#C[C@H](C(=O)c1cc(Cl)c2c(c1)OCCCO2)c1nc2ccccc2o1. The summed E-state index contributed by atoms with van der Waals surface area (Å²) in [4.78, 5) is 17.2. The van der Waals surface area contributed by atoms with E-state index in [9.17, 15) is 10.1 Å². The Kier molecular flexibility index (Phi) is 4.23. The fourth-order valence-corrected chi connectivity index (χ4v) is 3.04. The van der Waals surface area contributed by atoms with Gasteiger partial charge in [0.15, 0.2) is 28.8 Å². The van der Waals surface area contributed by atoms with Crippen molar-refractivity contribution in [1.82, 2.24) is 4.98 Å². The van der Waals surface area contributed by atoms with Crippen LogP contribution in [-0.2, 0) is 0 Å². The van der Waals surface area contributed by atoms with E-state index in [1.165, 1.54) is 6.07 Å². The molecule has 2 heterocycles. The van der Waals surface area contributed by atoms with E-state index in [2.05, 4.69) is 4.98 Å². The first kappa shape index (κ1) is 16.4. The van der Waals surface area contributed by atoms with Crippen molar-refractivity contribution in [2.75, 3.05) is 13.2 Å². The predicted octanol–water partition coefficient (Wildman–Crippen LogP) is 4.13. The van der Waals surface area contributed by atoms with Gasteiger partial charge in [-0.2, -0.15) is 5.26 Å². The van der Waals surface area contributed by atoms with Gasteiger partial charge in [0.1, 0.15) is 5.52 Å². The lowest BCUT2D eigenvalue weighted by Crippen LogP contribution is -2.12. The summed E-state index contributed by atoms with van der Waals surface area (Å²) in [6, 6.07) is 12.1. The maximum Gasteiger partial charge on any atom is 0.220 e. The zero-order valence-electron chi connectivity index (χ0n) is 13.6. The van der Waals surface area contributed by atoms with Crippen LogP contribution in [0.25, 0.3) is 11.1 Å². The highest BCUT2D eigenvalue weighted by Crippen LogP contribution is 2.39. The quantitative estimate of drug-likeness (QED) is 0.646. The van der Waals surface area contributed by atoms with Crippen molar-refractivity contribution >= 4 is 28.5 Å². The lowest BCUT2D eigenvalue weighted by molar-refractivity contribution is 0.0970. The summed E-state index contributed by atoms with van der Waals surface area (Å²) in [5, 5.41) is 9.80. The van der Waals surface area contributed by atoms with Gasteiger partial charge >= 0.3 is 0 Å². The molecule has 3 aromatic rings. The summed E-state index contributed by atoms with van der Waals surface area (Å²) in [5.41, 5.74) is 1.35. The van der Waals surface area contributed by atoms with Crippen molar-refractivity contribution < 1.29 is 18.7 Å². The topological polar surface area (TPSA) is 85.4 Å². The van der Waals surface area contributed by atoms with Crippen LogP contribution in [-0.4, -0.2) is 24.0 Å². The summed E-state index contributed by atoms with van der Waals surface area (Å²) < 4.78 is 16.7. The number of Topliss-reactive ketones (excluding diaryl/α,β-unsaturated/α-hetero) is 1. The lowest BCUT2D eigenvalue weighted by atomic mass is 9.98. The summed E-state index contributed by atoms with van der Waals surface area (Å²) >= 11 is 6.24. The third kappa shape index (κ3) is 2.87. The van der Waals surface area contributed by atoms with Crippen molar-refractivity contribution in [3.63, 3.8) is 0 Å². The molecule has 0 spiro atoms. The van der Waals surface area contributed by atoms with Crippen LogP contribution < -0.4 is 9.47 Å². The van der Waals surface area contributed by atoms with E-state index in [1.807, 2.05) is 6.07 Å². The second-order valence-electron chi connectivity index (χ2n) is 5.78. The van der Waals surface area contributed by atoms with Crippen LogP contribution in [0.1, 0.15) is 28.6 Å². The number of halogens is 1. The summed E-state index contributed by atoms with van der Waals surface area (Å²) in [7, 11) is 0. The molecular formula is C19H13ClN2O4. The van der Waals surface area contributed by atoms with Gasteiger partial charge in [-0.25, -0.2) is 4.98 Å². The molecule has 0 aliphatic carbocycles. The molecule has 0 radical (unpaired) electrons. The Labute approximate surface area is 153 Å². The normalized spacial score (nSPS) is 14.5. The minimum atomic E-state index is -1.18. The van der Waals surface area contributed by atoms with Crippen molar-refractivity contribution in [1.29, 1.82) is 5.26 Å². The van der Waals surface area contributed by atoms with Crippen LogP contribution >= 0.6 is 11.6 Å². The first-order valence-electron chi connectivity index (χ1n) is 8.06. The molecule has 4 rings (SSSR count). The van der Waals surface area contributed by atoms with E-state index in [0.29, 0.717) is 35.8 Å². The Morgan fingerprint density at radius 2 is 2.04 bits per heavy atom. The third-order valence-electron chi connectivity index (χ3n) is 4.04. The molecule has 1 aromatic heterocycles. The van der Waals surface area contributed by atoms with Gasteiger partial charge in [0.05, 0.1) is 24.3 Å². The highest BCUT2D eigenvalue weighted by atomic mass is 35.5. The van der Waals surface area contributed by atoms with Crippen LogP contribution in [0.4, 0.5) is 0 Å². The molecule has 7 heteroatoms. The molecule has 0 amide bonds. The first-order chi connectivity index (χ1) is 12.7. The van der Waals surface area contributed by atoms with Gasteiger partial charge in [0.2, 0.25) is 5.89 Å². The second kappa shape index (κ2) is 6.70. The van der Waals surface area contributed by atoms with Gasteiger partial charge in [0.25, 0.3) is 0 Å². The number of ketones is 1. The van der Waals surface area contributed by atoms with Crippen LogP contribution in [0.15, 0.2) is 40.8 Å². The van der Waals surface area contributed by atoms with Crippen LogP contribution in [0, 0.1) is 11.3 Å². The first-order valence-corrected chi connectivity index (χ1v) is 8.43. The molecule has 6 nitrogen and oxygen atoms in total. The molecule has 1 aliphatic heterocycles. The van der Waals surface area contributed by atoms with E-state index in [-0.39, 0.29) is 16.5 Å². The molecule has 130 valence electrons. The van der Waals surface area contributed by atoms with Gasteiger partial charge in [-0.05, 0) is 24.3 Å². The largest absolute Gasteiger partial charge is 0.489 e. The van der Waals surface area contributed by atoms with E-state index in [0.717, 1.165) is 6.42 Å². The van der Waals surface area contributed by atoms with Gasteiger partial charge in [0, 0.05) is 12.0 Å². The standard InChI is InChI=1S/C19H13ClN2O4/c20-13-8-11(9-16-18(13)25-7-3-6-24-16)17(23)12(10-21)19-22-14-4-1-2-5-15(14)26-19/h1-2,4-5,8-9,12H,3,6-7H2/t12-/m1/s1.